The number of carbonyl (C=O) groups is 1. The third-order valence-corrected chi connectivity index (χ3v) is 0.993. The van der Waals surface area contributed by atoms with Gasteiger partial charge in [-0.15, -0.1) is 0 Å². The first-order chi connectivity index (χ1) is 4.09. The Morgan fingerprint density at radius 3 is 2.33 bits per heavy atom. The monoisotopic (exact) mass is 133 g/mol. The van der Waals surface area contributed by atoms with E-state index in [1.165, 1.54) is 14.0 Å². The molecule has 0 aromatic rings. The molecular weight excluding hydrogens is 122 g/mol. The largest absolute Gasteiger partial charge is 0.468 e. The average molecular weight is 133 g/mol. The molecular formula is C5H11NO3. The van der Waals surface area contributed by atoms with E-state index in [1.807, 2.05) is 0 Å². The Morgan fingerprint density at radius 2 is 2.22 bits per heavy atom. The van der Waals surface area contributed by atoms with E-state index in [1.54, 1.807) is 0 Å². The van der Waals surface area contributed by atoms with Crippen LogP contribution in [0.3, 0.4) is 0 Å². The van der Waals surface area contributed by atoms with Crippen molar-refractivity contribution >= 4 is 5.97 Å². The Hall–Kier alpha value is -0.610. The van der Waals surface area contributed by atoms with E-state index in [0.29, 0.717) is 0 Å². The van der Waals surface area contributed by atoms with Gasteiger partial charge in [-0.05, 0) is 6.92 Å². The molecule has 3 N–H and O–H groups in total. The summed E-state index contributed by atoms with van der Waals surface area (Å²) in [5.41, 5.74) is 5.15. The predicted octanol–water partition coefficient (Wildman–Crippen LogP) is -1.13. The second kappa shape index (κ2) is 3.42. The van der Waals surface area contributed by atoms with E-state index in [-0.39, 0.29) is 0 Å². The number of methoxy groups -OCH3 is 1. The minimum Gasteiger partial charge on any atom is -0.468 e. The molecule has 0 amide bonds. The number of hydrogen-bond acceptors (Lipinski definition) is 4. The smallest absolute Gasteiger partial charge is 0.325 e. The zero-order valence-electron chi connectivity index (χ0n) is 5.50. The Balaban J connectivity index is 3.72. The molecule has 0 aliphatic carbocycles. The second-order valence-electron chi connectivity index (χ2n) is 1.79. The van der Waals surface area contributed by atoms with Crippen molar-refractivity contribution in [2.24, 2.45) is 5.73 Å². The van der Waals surface area contributed by atoms with Crippen LogP contribution in [-0.4, -0.2) is 30.3 Å². The van der Waals surface area contributed by atoms with E-state index in [2.05, 4.69) is 4.74 Å². The number of carbonyl (C=O) groups excluding carboxylic acids is 1. The molecule has 0 rings (SSSR count). The van der Waals surface area contributed by atoms with E-state index in [4.69, 9.17) is 10.8 Å². The Bertz CT molecular complexity index is 102. The highest BCUT2D eigenvalue weighted by atomic mass is 16.5. The molecule has 0 saturated carbocycles. The quantitative estimate of drug-likeness (QED) is 0.467. The first-order valence-electron chi connectivity index (χ1n) is 2.61. The Labute approximate surface area is 53.6 Å². The van der Waals surface area contributed by atoms with Crippen LogP contribution in [0.5, 0.6) is 0 Å². The lowest BCUT2D eigenvalue weighted by molar-refractivity contribution is -0.144. The van der Waals surface area contributed by atoms with E-state index < -0.39 is 18.1 Å². The van der Waals surface area contributed by atoms with Gasteiger partial charge >= 0.3 is 5.97 Å². The van der Waals surface area contributed by atoms with Gasteiger partial charge in [0.25, 0.3) is 0 Å². The molecule has 4 nitrogen and oxygen atoms in total. The fourth-order valence-corrected chi connectivity index (χ4v) is 0.333. The first kappa shape index (κ1) is 8.39. The van der Waals surface area contributed by atoms with Crippen molar-refractivity contribution in [1.29, 1.82) is 0 Å². The summed E-state index contributed by atoms with van der Waals surface area (Å²) in [6, 6.07) is -0.921. The molecule has 0 saturated heterocycles. The van der Waals surface area contributed by atoms with Crippen molar-refractivity contribution in [1.82, 2.24) is 0 Å². The number of aliphatic hydroxyl groups excluding tert-OH is 1. The molecule has 54 valence electrons. The van der Waals surface area contributed by atoms with Crippen LogP contribution in [0, 0.1) is 0 Å². The summed E-state index contributed by atoms with van der Waals surface area (Å²) < 4.78 is 4.25. The number of aliphatic hydroxyl groups is 1. The molecule has 0 radical (unpaired) electrons. The molecule has 0 aromatic heterocycles. The van der Waals surface area contributed by atoms with Gasteiger partial charge in [-0.1, -0.05) is 0 Å². The summed E-state index contributed by atoms with van der Waals surface area (Å²) in [7, 11) is 1.23. The van der Waals surface area contributed by atoms with Gasteiger partial charge in [-0.25, -0.2) is 0 Å². The Morgan fingerprint density at radius 1 is 1.78 bits per heavy atom. The van der Waals surface area contributed by atoms with Crippen molar-refractivity contribution in [3.63, 3.8) is 0 Å². The van der Waals surface area contributed by atoms with Gasteiger partial charge in [0.2, 0.25) is 0 Å². The molecule has 0 heterocycles. The van der Waals surface area contributed by atoms with Gasteiger partial charge in [-0.2, -0.15) is 0 Å². The molecule has 0 aliphatic heterocycles. The van der Waals surface area contributed by atoms with Crippen molar-refractivity contribution in [3.05, 3.63) is 0 Å². The zero-order chi connectivity index (χ0) is 7.44. The van der Waals surface area contributed by atoms with Crippen LogP contribution in [0.15, 0.2) is 0 Å². The fourth-order valence-electron chi connectivity index (χ4n) is 0.333. The molecule has 4 heteroatoms. The molecule has 1 unspecified atom stereocenters. The first-order valence-corrected chi connectivity index (χ1v) is 2.61. The number of hydrogen-bond donors (Lipinski definition) is 2. The van der Waals surface area contributed by atoms with Gasteiger partial charge < -0.3 is 15.6 Å². The highest BCUT2D eigenvalue weighted by Gasteiger charge is 2.18. The van der Waals surface area contributed by atoms with Gasteiger partial charge in [-0.3, -0.25) is 4.79 Å². The summed E-state index contributed by atoms with van der Waals surface area (Å²) in [5, 5.41) is 8.70. The second-order valence-corrected chi connectivity index (χ2v) is 1.79. The summed E-state index contributed by atoms with van der Waals surface area (Å²) in [5.74, 6) is -0.593. The molecule has 0 aliphatic rings. The van der Waals surface area contributed by atoms with E-state index in [9.17, 15) is 4.79 Å². The average Bonchev–Trinajstić information content (AvgIpc) is 1.84. The SMILES string of the molecule is COC(=O)[C@H](N)C(C)O. The third kappa shape index (κ3) is 2.43. The maximum atomic E-state index is 10.4. The van der Waals surface area contributed by atoms with E-state index >= 15 is 0 Å². The van der Waals surface area contributed by atoms with Gasteiger partial charge in [0.05, 0.1) is 13.2 Å². The standard InChI is InChI=1S/C5H11NO3/c1-3(7)4(6)5(8)9-2/h3-4,7H,6H2,1-2H3/t3?,4-/m1/s1. The van der Waals surface area contributed by atoms with Gasteiger partial charge in [0.1, 0.15) is 6.04 Å². The minimum absolute atomic E-state index is 0.593. The summed E-state index contributed by atoms with van der Waals surface area (Å²) in [6.45, 7) is 1.43. The highest BCUT2D eigenvalue weighted by molar-refractivity contribution is 5.75. The summed E-state index contributed by atoms with van der Waals surface area (Å²) >= 11 is 0. The van der Waals surface area contributed by atoms with Crippen LogP contribution >= 0.6 is 0 Å². The summed E-state index contributed by atoms with van der Waals surface area (Å²) in [4.78, 5) is 10.4. The predicted molar refractivity (Wildman–Crippen MR) is 31.7 cm³/mol. The van der Waals surface area contributed by atoms with Crippen LogP contribution in [0.2, 0.25) is 0 Å². The van der Waals surface area contributed by atoms with Crippen LogP contribution in [-0.2, 0) is 9.53 Å². The highest BCUT2D eigenvalue weighted by Crippen LogP contribution is 1.89. The van der Waals surface area contributed by atoms with Crippen molar-refractivity contribution in [2.45, 2.75) is 19.1 Å². The number of rotatable bonds is 2. The van der Waals surface area contributed by atoms with E-state index in [0.717, 1.165) is 0 Å². The Kier molecular flexibility index (Phi) is 3.19. The lowest BCUT2D eigenvalue weighted by Crippen LogP contribution is -2.40. The molecule has 9 heavy (non-hydrogen) atoms. The minimum atomic E-state index is -0.921. The van der Waals surface area contributed by atoms with Crippen LogP contribution < -0.4 is 5.73 Å². The van der Waals surface area contributed by atoms with Gasteiger partial charge in [0, 0.05) is 0 Å². The number of esters is 1. The van der Waals surface area contributed by atoms with Crippen LogP contribution in [0.25, 0.3) is 0 Å². The molecule has 0 spiro atoms. The molecule has 0 bridgehead atoms. The molecule has 2 atom stereocenters. The van der Waals surface area contributed by atoms with Gasteiger partial charge in [0.15, 0.2) is 0 Å². The summed E-state index contributed by atoms with van der Waals surface area (Å²) in [6.07, 6.45) is -0.850. The molecule has 0 aromatic carbocycles. The third-order valence-electron chi connectivity index (χ3n) is 0.993. The van der Waals surface area contributed by atoms with Crippen LogP contribution in [0.4, 0.5) is 0 Å². The normalized spacial score (nSPS) is 16.4. The number of ether oxygens (including phenoxy) is 1. The maximum Gasteiger partial charge on any atom is 0.325 e. The molecule has 0 fully saturated rings. The van der Waals surface area contributed by atoms with Crippen LogP contribution in [0.1, 0.15) is 6.92 Å². The lowest BCUT2D eigenvalue weighted by Gasteiger charge is -2.10. The fraction of sp³-hybridized carbons (Fsp3) is 0.800. The lowest BCUT2D eigenvalue weighted by atomic mass is 10.2. The zero-order valence-corrected chi connectivity index (χ0v) is 5.50. The van der Waals surface area contributed by atoms with Crippen molar-refractivity contribution in [3.8, 4) is 0 Å². The topological polar surface area (TPSA) is 72.5 Å². The van der Waals surface area contributed by atoms with Crippen molar-refractivity contribution in [2.75, 3.05) is 7.11 Å². The van der Waals surface area contributed by atoms with Crippen molar-refractivity contribution < 1.29 is 14.6 Å². The maximum absolute atomic E-state index is 10.4. The number of nitrogens with two attached hydrogens (primary N) is 1.